The molecule has 114 valence electrons. The van der Waals surface area contributed by atoms with Gasteiger partial charge < -0.3 is 10.2 Å². The summed E-state index contributed by atoms with van der Waals surface area (Å²) in [7, 11) is 0. The van der Waals surface area contributed by atoms with Crippen LogP contribution in [-0.4, -0.2) is 32.8 Å². The number of hydrogen-bond donors (Lipinski definition) is 3. The lowest BCUT2D eigenvalue weighted by molar-refractivity contribution is -0.385. The van der Waals surface area contributed by atoms with Crippen molar-refractivity contribution in [1.82, 2.24) is 5.43 Å². The first-order valence-electron chi connectivity index (χ1n) is 6.08. The molecule has 0 aromatic heterocycles. The van der Waals surface area contributed by atoms with Crippen molar-refractivity contribution < 1.29 is 24.7 Å². The summed E-state index contributed by atoms with van der Waals surface area (Å²) in [6, 6.07) is 5.39. The van der Waals surface area contributed by atoms with Gasteiger partial charge >= 0.3 is 11.9 Å². The van der Waals surface area contributed by atoms with Crippen LogP contribution in [0.4, 0.5) is 5.69 Å². The zero-order valence-electron chi connectivity index (χ0n) is 11.3. The average Bonchev–Trinajstić information content (AvgIpc) is 2.45. The number of carbonyl (C=O) groups is 2. The van der Waals surface area contributed by atoms with Crippen molar-refractivity contribution in [2.24, 2.45) is 5.10 Å². The molecule has 0 spiro atoms. The van der Waals surface area contributed by atoms with Crippen molar-refractivity contribution in [3.63, 3.8) is 0 Å². The monoisotopic (exact) mass is 305 g/mol. The molecule has 0 fully saturated rings. The van der Waals surface area contributed by atoms with Crippen LogP contribution >= 0.6 is 0 Å². The normalized spacial score (nSPS) is 17.5. The highest BCUT2D eigenvalue weighted by Crippen LogP contribution is 2.35. The third-order valence-corrected chi connectivity index (χ3v) is 3.20. The van der Waals surface area contributed by atoms with E-state index in [0.717, 1.165) is 0 Å². The Morgan fingerprint density at radius 2 is 1.91 bits per heavy atom. The number of allylic oxidation sites excluding steroid dienone is 1. The van der Waals surface area contributed by atoms with Crippen LogP contribution in [0.1, 0.15) is 18.4 Å². The van der Waals surface area contributed by atoms with Gasteiger partial charge in [0.15, 0.2) is 5.71 Å². The van der Waals surface area contributed by atoms with E-state index in [1.54, 1.807) is 0 Å². The number of nitro benzene ring substituents is 1. The van der Waals surface area contributed by atoms with Crippen LogP contribution < -0.4 is 5.43 Å². The molecule has 0 amide bonds. The van der Waals surface area contributed by atoms with Gasteiger partial charge in [-0.1, -0.05) is 18.2 Å². The van der Waals surface area contributed by atoms with Gasteiger partial charge in [-0.15, -0.1) is 0 Å². The summed E-state index contributed by atoms with van der Waals surface area (Å²) in [5, 5.41) is 33.3. The number of hydrogen-bond acceptors (Lipinski definition) is 6. The second kappa shape index (κ2) is 5.64. The fraction of sp³-hybridized carbons (Fsp3) is 0.154. The molecule has 9 nitrogen and oxygen atoms in total. The number of carboxylic acids is 2. The van der Waals surface area contributed by atoms with Gasteiger partial charge in [0.2, 0.25) is 0 Å². The Morgan fingerprint density at radius 1 is 1.27 bits per heavy atom. The SMILES string of the molecule is CC1=C(C(=O)O)C(c2ccccc2[N+](=O)[O-])C(C(=O)O)=NN1. The smallest absolute Gasteiger partial charge is 0.353 e. The van der Waals surface area contributed by atoms with Gasteiger partial charge in [-0.25, -0.2) is 9.59 Å². The first-order chi connectivity index (χ1) is 10.3. The third kappa shape index (κ3) is 2.51. The van der Waals surface area contributed by atoms with Crippen molar-refractivity contribution in [1.29, 1.82) is 0 Å². The number of para-hydroxylation sites is 1. The Balaban J connectivity index is 2.73. The number of benzene rings is 1. The minimum absolute atomic E-state index is 0.0353. The number of nitrogens with zero attached hydrogens (tertiary/aromatic N) is 2. The summed E-state index contributed by atoms with van der Waals surface area (Å²) in [5.74, 6) is -4.17. The number of hydrazone groups is 1. The van der Waals surface area contributed by atoms with E-state index in [1.165, 1.54) is 31.2 Å². The highest BCUT2D eigenvalue weighted by atomic mass is 16.6. The number of aliphatic carboxylic acids is 2. The number of rotatable bonds is 4. The standard InChI is InChI=1S/C13H11N3O6/c1-6-9(12(17)18)10(11(13(19)20)15-14-6)7-4-2-3-5-8(7)16(21)22/h2-5,10,14H,1H3,(H,17,18)(H,19,20). The van der Waals surface area contributed by atoms with Crippen molar-refractivity contribution in [3.05, 3.63) is 51.2 Å². The molecule has 0 saturated carbocycles. The first-order valence-corrected chi connectivity index (χ1v) is 6.08. The van der Waals surface area contributed by atoms with Gasteiger partial charge in [0, 0.05) is 17.3 Å². The second-order valence-corrected chi connectivity index (χ2v) is 4.51. The van der Waals surface area contributed by atoms with Crippen LogP contribution in [0, 0.1) is 10.1 Å². The maximum absolute atomic E-state index is 11.5. The lowest BCUT2D eigenvalue weighted by Gasteiger charge is -2.24. The molecular formula is C13H11N3O6. The van der Waals surface area contributed by atoms with Crippen LogP contribution in [0.2, 0.25) is 0 Å². The van der Waals surface area contributed by atoms with E-state index in [0.29, 0.717) is 0 Å². The molecule has 1 aromatic carbocycles. The van der Waals surface area contributed by atoms with E-state index >= 15 is 0 Å². The lowest BCUT2D eigenvalue weighted by atomic mass is 9.84. The molecule has 1 aliphatic rings. The van der Waals surface area contributed by atoms with E-state index in [9.17, 15) is 29.9 Å². The lowest BCUT2D eigenvalue weighted by Crippen LogP contribution is -2.34. The molecule has 22 heavy (non-hydrogen) atoms. The Bertz CT molecular complexity index is 737. The van der Waals surface area contributed by atoms with Gasteiger partial charge in [0.25, 0.3) is 5.69 Å². The maximum Gasteiger partial charge on any atom is 0.353 e. The van der Waals surface area contributed by atoms with Crippen molar-refractivity contribution in [2.75, 3.05) is 0 Å². The van der Waals surface area contributed by atoms with Gasteiger partial charge in [-0.05, 0) is 6.92 Å². The predicted octanol–water partition coefficient (Wildman–Crippen LogP) is 1.08. The summed E-state index contributed by atoms with van der Waals surface area (Å²) in [5.41, 5.74) is 1.25. The maximum atomic E-state index is 11.5. The van der Waals surface area contributed by atoms with Gasteiger partial charge in [-0.3, -0.25) is 15.5 Å². The quantitative estimate of drug-likeness (QED) is 0.558. The van der Waals surface area contributed by atoms with Crippen LogP contribution in [0.15, 0.2) is 40.6 Å². The summed E-state index contributed by atoms with van der Waals surface area (Å²) in [4.78, 5) is 33.3. The van der Waals surface area contributed by atoms with E-state index < -0.39 is 28.5 Å². The van der Waals surface area contributed by atoms with E-state index in [1.807, 2.05) is 0 Å². The molecule has 9 heteroatoms. The predicted molar refractivity (Wildman–Crippen MR) is 74.4 cm³/mol. The Hall–Kier alpha value is -3.23. The summed E-state index contributed by atoms with van der Waals surface area (Å²) in [6.45, 7) is 1.41. The fourth-order valence-electron chi connectivity index (χ4n) is 2.28. The minimum atomic E-state index is -1.46. The molecular weight excluding hydrogens is 294 g/mol. The van der Waals surface area contributed by atoms with Crippen molar-refractivity contribution in [3.8, 4) is 0 Å². The third-order valence-electron chi connectivity index (χ3n) is 3.20. The molecule has 0 aliphatic carbocycles. The van der Waals surface area contributed by atoms with Crippen LogP contribution in [-0.2, 0) is 9.59 Å². The molecule has 1 heterocycles. The average molecular weight is 305 g/mol. The summed E-state index contributed by atoms with van der Waals surface area (Å²) >= 11 is 0. The molecule has 1 unspecified atom stereocenters. The summed E-state index contributed by atoms with van der Waals surface area (Å²) in [6.07, 6.45) is 0. The van der Waals surface area contributed by atoms with Gasteiger partial charge in [0.1, 0.15) is 0 Å². The summed E-state index contributed by atoms with van der Waals surface area (Å²) < 4.78 is 0. The Morgan fingerprint density at radius 3 is 2.45 bits per heavy atom. The molecule has 2 rings (SSSR count). The highest BCUT2D eigenvalue weighted by Gasteiger charge is 2.39. The largest absolute Gasteiger partial charge is 0.478 e. The van der Waals surface area contributed by atoms with Gasteiger partial charge in [-0.2, -0.15) is 5.10 Å². The molecule has 3 N–H and O–H groups in total. The molecule has 1 atom stereocenters. The Labute approximate surface area is 123 Å². The van der Waals surface area contributed by atoms with E-state index in [4.69, 9.17) is 0 Å². The van der Waals surface area contributed by atoms with E-state index in [2.05, 4.69) is 10.5 Å². The second-order valence-electron chi connectivity index (χ2n) is 4.51. The number of carboxylic acid groups (broad SMARTS) is 2. The number of nitrogens with one attached hydrogen (secondary N) is 1. The molecule has 1 aliphatic heterocycles. The van der Waals surface area contributed by atoms with E-state index in [-0.39, 0.29) is 22.5 Å². The van der Waals surface area contributed by atoms with Crippen molar-refractivity contribution in [2.45, 2.75) is 12.8 Å². The number of nitro groups is 1. The zero-order chi connectivity index (χ0) is 16.4. The fourth-order valence-corrected chi connectivity index (χ4v) is 2.28. The first kappa shape index (κ1) is 15.2. The highest BCUT2D eigenvalue weighted by molar-refractivity contribution is 6.39. The minimum Gasteiger partial charge on any atom is -0.478 e. The van der Waals surface area contributed by atoms with Crippen molar-refractivity contribution >= 4 is 23.3 Å². The topological polar surface area (TPSA) is 142 Å². The van der Waals surface area contributed by atoms with Crippen LogP contribution in [0.3, 0.4) is 0 Å². The molecule has 0 radical (unpaired) electrons. The zero-order valence-corrected chi connectivity index (χ0v) is 11.3. The molecule has 0 bridgehead atoms. The van der Waals surface area contributed by atoms with Crippen LogP contribution in [0.5, 0.6) is 0 Å². The van der Waals surface area contributed by atoms with Crippen LogP contribution in [0.25, 0.3) is 0 Å². The Kier molecular flexibility index (Phi) is 3.89. The molecule has 1 aromatic rings. The molecule has 0 saturated heterocycles. The van der Waals surface area contributed by atoms with Gasteiger partial charge in [0.05, 0.1) is 16.4 Å².